The molecule has 0 amide bonds. The first-order valence-electron chi connectivity index (χ1n) is 12.5. The van der Waals surface area contributed by atoms with Gasteiger partial charge in [-0.2, -0.15) is 0 Å². The van der Waals surface area contributed by atoms with E-state index in [9.17, 15) is 4.79 Å². The number of hydrogen-bond donors (Lipinski definition) is 2. The Morgan fingerprint density at radius 1 is 1.03 bits per heavy atom. The summed E-state index contributed by atoms with van der Waals surface area (Å²) in [4.78, 5) is 19.2. The van der Waals surface area contributed by atoms with E-state index < -0.39 is 17.0 Å². The second-order valence-corrected chi connectivity index (χ2v) is 11.3. The Kier molecular flexibility index (Phi) is 7.05. The maximum atomic E-state index is 15.5. The number of benzene rings is 2. The molecule has 1 saturated carbocycles. The smallest absolute Gasteiger partial charge is 0.313 e. The molecule has 0 spiro atoms. The topological polar surface area (TPSA) is 51.9 Å². The Hall–Kier alpha value is -2.73. The summed E-state index contributed by atoms with van der Waals surface area (Å²) >= 11 is 0. The van der Waals surface area contributed by atoms with E-state index in [4.69, 9.17) is 0 Å². The van der Waals surface area contributed by atoms with Crippen molar-refractivity contribution in [2.45, 2.75) is 77.3 Å². The Morgan fingerprint density at radius 3 is 2.31 bits per heavy atom. The van der Waals surface area contributed by atoms with Gasteiger partial charge >= 0.3 is 5.69 Å². The second-order valence-electron chi connectivity index (χ2n) is 11.3. The molecular weight excluding hydrogens is 444 g/mol. The number of rotatable bonds is 9. The Morgan fingerprint density at radius 2 is 1.71 bits per heavy atom. The van der Waals surface area contributed by atoms with Gasteiger partial charge in [-0.3, -0.25) is 4.90 Å². The van der Waals surface area contributed by atoms with Gasteiger partial charge in [0.05, 0.1) is 0 Å². The zero-order valence-corrected chi connectivity index (χ0v) is 21.4. The van der Waals surface area contributed by atoms with E-state index in [-0.39, 0.29) is 17.1 Å². The molecule has 6 heteroatoms. The number of aromatic amines is 2. The lowest BCUT2D eigenvalue weighted by atomic mass is 9.50. The summed E-state index contributed by atoms with van der Waals surface area (Å²) in [6.07, 6.45) is 4.86. The number of hydrogen-bond acceptors (Lipinski definition) is 2. The predicted molar refractivity (Wildman–Crippen MR) is 137 cm³/mol. The summed E-state index contributed by atoms with van der Waals surface area (Å²) in [7, 11) is 1.96. The lowest BCUT2D eigenvalue weighted by Gasteiger charge is -2.53. The van der Waals surface area contributed by atoms with E-state index in [0.717, 1.165) is 12.8 Å². The third-order valence-electron chi connectivity index (χ3n) is 7.88. The van der Waals surface area contributed by atoms with Crippen molar-refractivity contribution in [3.05, 3.63) is 93.2 Å². The fourth-order valence-corrected chi connectivity index (χ4v) is 5.86. The lowest BCUT2D eigenvalue weighted by molar-refractivity contribution is 0.0820. The third kappa shape index (κ3) is 5.27. The van der Waals surface area contributed by atoms with Crippen molar-refractivity contribution < 1.29 is 8.78 Å². The minimum Gasteiger partial charge on any atom is -0.313 e. The molecule has 0 saturated heterocycles. The molecule has 4 rings (SSSR count). The van der Waals surface area contributed by atoms with Crippen LogP contribution < -0.4 is 5.69 Å². The van der Waals surface area contributed by atoms with Gasteiger partial charge in [0.25, 0.3) is 0 Å². The first-order chi connectivity index (χ1) is 16.5. The van der Waals surface area contributed by atoms with Crippen LogP contribution in [0.2, 0.25) is 0 Å². The molecule has 1 aliphatic carbocycles. The molecule has 2 atom stereocenters. The summed E-state index contributed by atoms with van der Waals surface area (Å²) in [5.74, 6) is -0.374. The molecule has 4 nitrogen and oxygen atoms in total. The van der Waals surface area contributed by atoms with Gasteiger partial charge in [-0.1, -0.05) is 51.1 Å². The predicted octanol–water partition coefficient (Wildman–Crippen LogP) is 6.49. The molecular formula is C29H37F2N3O. The quantitative estimate of drug-likeness (QED) is 0.367. The molecule has 3 aromatic rings. The first kappa shape index (κ1) is 25.4. The van der Waals surface area contributed by atoms with Crippen LogP contribution in [0.25, 0.3) is 0 Å². The molecule has 1 unspecified atom stereocenters. The summed E-state index contributed by atoms with van der Waals surface area (Å²) in [5, 5.41) is 0. The van der Waals surface area contributed by atoms with Crippen molar-refractivity contribution in [3.63, 3.8) is 0 Å². The van der Waals surface area contributed by atoms with E-state index in [2.05, 4.69) is 66.8 Å². The number of halogens is 2. The largest absolute Gasteiger partial charge is 0.323 e. The van der Waals surface area contributed by atoms with Crippen molar-refractivity contribution in [1.82, 2.24) is 14.9 Å². The maximum Gasteiger partial charge on any atom is 0.323 e. The van der Waals surface area contributed by atoms with Crippen LogP contribution in [0.3, 0.4) is 0 Å². The Balaban J connectivity index is 1.48. The average molecular weight is 482 g/mol. The summed E-state index contributed by atoms with van der Waals surface area (Å²) in [5.41, 5.74) is 1.54. The van der Waals surface area contributed by atoms with Gasteiger partial charge in [-0.05, 0) is 68.7 Å². The molecule has 188 valence electrons. The van der Waals surface area contributed by atoms with E-state index >= 15 is 8.78 Å². The highest BCUT2D eigenvalue weighted by atomic mass is 19.1. The van der Waals surface area contributed by atoms with Gasteiger partial charge in [0, 0.05) is 41.0 Å². The van der Waals surface area contributed by atoms with Gasteiger partial charge in [-0.25, -0.2) is 13.6 Å². The van der Waals surface area contributed by atoms with Crippen LogP contribution in [0, 0.1) is 17.0 Å². The molecule has 2 aromatic carbocycles. The van der Waals surface area contributed by atoms with Crippen molar-refractivity contribution >= 4 is 0 Å². The van der Waals surface area contributed by atoms with Crippen LogP contribution in [0.4, 0.5) is 8.78 Å². The van der Waals surface area contributed by atoms with Crippen LogP contribution >= 0.6 is 0 Å². The minimum absolute atomic E-state index is 0.0116. The fraction of sp³-hybridized carbons (Fsp3) is 0.483. The van der Waals surface area contributed by atoms with Crippen LogP contribution in [0.15, 0.2) is 53.5 Å². The molecule has 1 fully saturated rings. The average Bonchev–Trinajstić information content (AvgIpc) is 3.24. The van der Waals surface area contributed by atoms with Gasteiger partial charge < -0.3 is 9.97 Å². The standard InChI is InChI=1S/C29H37F2N3O/c1-19(21-9-7-6-8-10-21)11-12-20(2)34(5)16-22-13-25(31)23(14-24(22)30)29(17-28(3,4)18-29)26-15-32-27(35)33-26/h6-10,13-15,19-20H,11-12,16-18H2,1-5H3,(H2,32,33,35)/t19?,20-/m0/s1. The van der Waals surface area contributed by atoms with Crippen LogP contribution in [0.1, 0.15) is 81.7 Å². The summed E-state index contributed by atoms with van der Waals surface area (Å²) in [6, 6.07) is 13.4. The number of nitrogens with one attached hydrogen (secondary N) is 2. The number of nitrogens with zero attached hydrogens (tertiary/aromatic N) is 1. The maximum absolute atomic E-state index is 15.5. The molecule has 1 aromatic heterocycles. The summed E-state index contributed by atoms with van der Waals surface area (Å²) < 4.78 is 30.8. The van der Waals surface area contributed by atoms with E-state index in [1.807, 2.05) is 13.1 Å². The molecule has 1 heterocycles. The Labute approximate surface area is 206 Å². The van der Waals surface area contributed by atoms with Gasteiger partial charge in [0.1, 0.15) is 11.6 Å². The molecule has 0 bridgehead atoms. The highest BCUT2D eigenvalue weighted by molar-refractivity contribution is 5.42. The van der Waals surface area contributed by atoms with Crippen molar-refractivity contribution in [2.75, 3.05) is 7.05 Å². The van der Waals surface area contributed by atoms with Crippen molar-refractivity contribution in [1.29, 1.82) is 0 Å². The van der Waals surface area contributed by atoms with E-state index in [1.165, 1.54) is 17.7 Å². The number of aromatic nitrogens is 2. The van der Waals surface area contributed by atoms with Gasteiger partial charge in [0.2, 0.25) is 0 Å². The zero-order chi connectivity index (χ0) is 25.4. The molecule has 35 heavy (non-hydrogen) atoms. The Bertz CT molecular complexity index is 1210. The molecule has 0 radical (unpaired) electrons. The zero-order valence-electron chi connectivity index (χ0n) is 21.4. The highest BCUT2D eigenvalue weighted by Crippen LogP contribution is 2.58. The van der Waals surface area contributed by atoms with Gasteiger partial charge in [-0.15, -0.1) is 0 Å². The third-order valence-corrected chi connectivity index (χ3v) is 7.88. The van der Waals surface area contributed by atoms with E-state index in [1.54, 1.807) is 6.20 Å². The fourth-order valence-electron chi connectivity index (χ4n) is 5.86. The molecule has 2 N–H and O–H groups in total. The van der Waals surface area contributed by atoms with Crippen LogP contribution in [0.5, 0.6) is 0 Å². The SMILES string of the molecule is CC(CC[C@H](C)N(C)Cc1cc(F)c(C2(c3c[nH]c(=O)[nH]3)CC(C)(C)C2)cc1F)c1ccccc1. The highest BCUT2D eigenvalue weighted by Gasteiger charge is 2.53. The lowest BCUT2D eigenvalue weighted by Crippen LogP contribution is -2.48. The molecule has 1 aliphatic rings. The van der Waals surface area contributed by atoms with E-state index in [0.29, 0.717) is 42.1 Å². The van der Waals surface area contributed by atoms with Crippen molar-refractivity contribution in [2.24, 2.45) is 5.41 Å². The van der Waals surface area contributed by atoms with Crippen molar-refractivity contribution in [3.8, 4) is 0 Å². The number of H-pyrrole nitrogens is 2. The summed E-state index contributed by atoms with van der Waals surface area (Å²) in [6.45, 7) is 8.91. The normalized spacial score (nSPS) is 18.3. The monoisotopic (exact) mass is 481 g/mol. The number of imidazole rings is 1. The first-order valence-corrected chi connectivity index (χ1v) is 12.5. The molecule has 0 aliphatic heterocycles. The minimum atomic E-state index is -0.723. The van der Waals surface area contributed by atoms with Crippen LogP contribution in [-0.4, -0.2) is 28.0 Å². The second kappa shape index (κ2) is 9.73. The van der Waals surface area contributed by atoms with Crippen LogP contribution in [-0.2, 0) is 12.0 Å². The van der Waals surface area contributed by atoms with Gasteiger partial charge in [0.15, 0.2) is 0 Å².